The Hall–Kier alpha value is -2.68. The third-order valence-corrected chi connectivity index (χ3v) is 4.33. The fourth-order valence-electron chi connectivity index (χ4n) is 2.58. The second-order valence-electron chi connectivity index (χ2n) is 5.91. The topological polar surface area (TPSA) is 97.0 Å². The van der Waals surface area contributed by atoms with E-state index in [2.05, 4.69) is 10.6 Å². The van der Waals surface area contributed by atoms with Gasteiger partial charge in [-0.05, 0) is 42.9 Å². The second kappa shape index (κ2) is 9.86. The molecule has 2 rings (SSSR count). The highest BCUT2D eigenvalue weighted by molar-refractivity contribution is 7.80. The van der Waals surface area contributed by atoms with E-state index in [1.54, 1.807) is 29.2 Å². The lowest BCUT2D eigenvalue weighted by Gasteiger charge is -2.36. The number of carbonyl (C=O) groups is 3. The summed E-state index contributed by atoms with van der Waals surface area (Å²) in [6.45, 7) is 2.94. The summed E-state index contributed by atoms with van der Waals surface area (Å²) in [7, 11) is 1.54. The van der Waals surface area contributed by atoms with E-state index in [0.717, 1.165) is 0 Å². The SMILES string of the molecule is CCCOC(=O)C[C@H]1C(=O)NCCN1C(=S)NC(=O)c1ccc(OC)cc1. The molecule has 1 fully saturated rings. The summed E-state index contributed by atoms with van der Waals surface area (Å²) in [6, 6.07) is 5.74. The van der Waals surface area contributed by atoms with Crippen LogP contribution in [0, 0.1) is 0 Å². The maximum absolute atomic E-state index is 12.4. The molecule has 1 saturated heterocycles. The second-order valence-corrected chi connectivity index (χ2v) is 6.30. The standard InChI is InChI=1S/C18H23N3O5S/c1-3-10-26-15(22)11-14-17(24)19-8-9-21(14)18(27)20-16(23)12-4-6-13(25-2)7-5-12/h4-7,14H,3,8-11H2,1-2H3,(H,19,24)(H,20,23,27)/t14-/m0/s1. The van der Waals surface area contributed by atoms with Gasteiger partial charge in [0, 0.05) is 18.7 Å². The van der Waals surface area contributed by atoms with Gasteiger partial charge in [0.25, 0.3) is 5.91 Å². The van der Waals surface area contributed by atoms with Gasteiger partial charge in [-0.3, -0.25) is 19.7 Å². The van der Waals surface area contributed by atoms with Crippen molar-refractivity contribution in [2.45, 2.75) is 25.8 Å². The third kappa shape index (κ3) is 5.65. The molecular formula is C18H23N3O5S. The Bertz CT molecular complexity index is 707. The van der Waals surface area contributed by atoms with E-state index in [1.807, 2.05) is 6.92 Å². The number of thiocarbonyl (C=S) groups is 1. The van der Waals surface area contributed by atoms with Crippen LogP contribution < -0.4 is 15.4 Å². The Morgan fingerprint density at radius 1 is 1.33 bits per heavy atom. The van der Waals surface area contributed by atoms with Crippen LogP contribution in [0.4, 0.5) is 0 Å². The number of hydrogen-bond donors (Lipinski definition) is 2. The van der Waals surface area contributed by atoms with Crippen molar-refractivity contribution in [3.05, 3.63) is 29.8 Å². The summed E-state index contributed by atoms with van der Waals surface area (Å²) < 4.78 is 10.1. The van der Waals surface area contributed by atoms with Gasteiger partial charge in [0.2, 0.25) is 5.91 Å². The number of hydrogen-bond acceptors (Lipinski definition) is 6. The summed E-state index contributed by atoms with van der Waals surface area (Å²) in [5.74, 6) is -0.572. The number of rotatable bonds is 6. The summed E-state index contributed by atoms with van der Waals surface area (Å²) in [4.78, 5) is 38.0. The maximum atomic E-state index is 12.4. The fraction of sp³-hybridized carbons (Fsp3) is 0.444. The number of methoxy groups -OCH3 is 1. The molecule has 0 aliphatic carbocycles. The number of carbonyl (C=O) groups excluding carboxylic acids is 3. The van der Waals surface area contributed by atoms with Crippen molar-refractivity contribution in [2.75, 3.05) is 26.8 Å². The molecule has 0 bridgehead atoms. The molecule has 0 radical (unpaired) electrons. The minimum absolute atomic E-state index is 0.0963. The molecule has 2 N–H and O–H groups in total. The van der Waals surface area contributed by atoms with Gasteiger partial charge in [-0.2, -0.15) is 0 Å². The molecule has 9 heteroatoms. The monoisotopic (exact) mass is 393 g/mol. The Balaban J connectivity index is 2.03. The maximum Gasteiger partial charge on any atom is 0.308 e. The van der Waals surface area contributed by atoms with E-state index < -0.39 is 17.9 Å². The first-order valence-electron chi connectivity index (χ1n) is 8.65. The van der Waals surface area contributed by atoms with Crippen molar-refractivity contribution >= 4 is 35.1 Å². The van der Waals surface area contributed by atoms with E-state index in [9.17, 15) is 14.4 Å². The normalized spacial score (nSPS) is 16.3. The zero-order valence-electron chi connectivity index (χ0n) is 15.3. The van der Waals surface area contributed by atoms with Crippen LogP contribution in [0.25, 0.3) is 0 Å². The number of ether oxygens (including phenoxy) is 2. The number of amides is 2. The molecule has 0 spiro atoms. The number of benzene rings is 1. The van der Waals surface area contributed by atoms with Gasteiger partial charge in [-0.25, -0.2) is 0 Å². The summed E-state index contributed by atoms with van der Waals surface area (Å²) in [5.41, 5.74) is 0.401. The molecule has 1 aromatic rings. The molecule has 1 aliphatic rings. The van der Waals surface area contributed by atoms with E-state index in [4.69, 9.17) is 21.7 Å². The van der Waals surface area contributed by atoms with Crippen molar-refractivity contribution in [3.63, 3.8) is 0 Å². The van der Waals surface area contributed by atoms with Gasteiger partial charge in [0.1, 0.15) is 11.8 Å². The summed E-state index contributed by atoms with van der Waals surface area (Å²) in [5, 5.41) is 5.41. The smallest absolute Gasteiger partial charge is 0.308 e. The van der Waals surface area contributed by atoms with Crippen LogP contribution in [0.15, 0.2) is 24.3 Å². The molecule has 2 amide bonds. The quantitative estimate of drug-likeness (QED) is 0.546. The lowest BCUT2D eigenvalue weighted by Crippen LogP contribution is -2.60. The average Bonchev–Trinajstić information content (AvgIpc) is 2.67. The van der Waals surface area contributed by atoms with Gasteiger partial charge < -0.3 is 19.7 Å². The number of piperazine rings is 1. The minimum atomic E-state index is -0.813. The first kappa shape index (κ1) is 20.6. The zero-order chi connectivity index (χ0) is 19.8. The number of esters is 1. The van der Waals surface area contributed by atoms with Crippen LogP contribution in [-0.4, -0.2) is 60.6 Å². The highest BCUT2D eigenvalue weighted by Crippen LogP contribution is 2.13. The van der Waals surface area contributed by atoms with Crippen molar-refractivity contribution in [1.29, 1.82) is 0 Å². The average molecular weight is 393 g/mol. The molecule has 8 nitrogen and oxygen atoms in total. The van der Waals surface area contributed by atoms with E-state index in [0.29, 0.717) is 37.4 Å². The zero-order valence-corrected chi connectivity index (χ0v) is 16.1. The Morgan fingerprint density at radius 3 is 2.67 bits per heavy atom. The van der Waals surface area contributed by atoms with E-state index in [1.165, 1.54) is 7.11 Å². The summed E-state index contributed by atoms with van der Waals surface area (Å²) in [6.07, 6.45) is 0.563. The molecule has 1 atom stereocenters. The van der Waals surface area contributed by atoms with Crippen molar-refractivity contribution < 1.29 is 23.9 Å². The molecular weight excluding hydrogens is 370 g/mol. The first-order valence-corrected chi connectivity index (χ1v) is 9.06. The van der Waals surface area contributed by atoms with Crippen LogP contribution in [0.1, 0.15) is 30.1 Å². The van der Waals surface area contributed by atoms with Crippen LogP contribution in [0.5, 0.6) is 5.75 Å². The van der Waals surface area contributed by atoms with Crippen molar-refractivity contribution in [3.8, 4) is 5.75 Å². The van der Waals surface area contributed by atoms with Crippen LogP contribution in [0.2, 0.25) is 0 Å². The molecule has 27 heavy (non-hydrogen) atoms. The molecule has 1 heterocycles. The minimum Gasteiger partial charge on any atom is -0.497 e. The van der Waals surface area contributed by atoms with Gasteiger partial charge in [-0.1, -0.05) is 6.92 Å². The molecule has 146 valence electrons. The van der Waals surface area contributed by atoms with Gasteiger partial charge in [0.05, 0.1) is 20.1 Å². The van der Waals surface area contributed by atoms with Gasteiger partial charge in [0.15, 0.2) is 5.11 Å². The van der Waals surface area contributed by atoms with E-state index in [-0.39, 0.29) is 17.4 Å². The van der Waals surface area contributed by atoms with Gasteiger partial charge in [-0.15, -0.1) is 0 Å². The Labute approximate surface area is 163 Å². The predicted molar refractivity (Wildman–Crippen MR) is 102 cm³/mol. The lowest BCUT2D eigenvalue weighted by molar-refractivity contribution is -0.147. The largest absolute Gasteiger partial charge is 0.497 e. The molecule has 1 aromatic carbocycles. The molecule has 0 unspecified atom stereocenters. The van der Waals surface area contributed by atoms with Crippen molar-refractivity contribution in [2.24, 2.45) is 0 Å². The number of nitrogens with zero attached hydrogens (tertiary/aromatic N) is 1. The van der Waals surface area contributed by atoms with Crippen LogP contribution in [-0.2, 0) is 14.3 Å². The fourth-order valence-corrected chi connectivity index (χ4v) is 2.89. The lowest BCUT2D eigenvalue weighted by atomic mass is 10.1. The summed E-state index contributed by atoms with van der Waals surface area (Å²) >= 11 is 5.31. The molecule has 1 aliphatic heterocycles. The Morgan fingerprint density at radius 2 is 2.04 bits per heavy atom. The van der Waals surface area contributed by atoms with E-state index >= 15 is 0 Å². The van der Waals surface area contributed by atoms with Gasteiger partial charge >= 0.3 is 5.97 Å². The molecule has 0 aromatic heterocycles. The van der Waals surface area contributed by atoms with Crippen LogP contribution in [0.3, 0.4) is 0 Å². The molecule has 0 saturated carbocycles. The van der Waals surface area contributed by atoms with Crippen molar-refractivity contribution in [1.82, 2.24) is 15.5 Å². The predicted octanol–water partition coefficient (Wildman–Crippen LogP) is 0.854. The highest BCUT2D eigenvalue weighted by Gasteiger charge is 2.34. The van der Waals surface area contributed by atoms with Crippen LogP contribution >= 0.6 is 12.2 Å². The highest BCUT2D eigenvalue weighted by atomic mass is 32.1. The number of nitrogens with one attached hydrogen (secondary N) is 2. The third-order valence-electron chi connectivity index (χ3n) is 3.99. The first-order chi connectivity index (χ1) is 13.0. The Kier molecular flexibility index (Phi) is 7.54.